The highest BCUT2D eigenvalue weighted by Crippen LogP contribution is 2.30. The Labute approximate surface area is 145 Å². The Hall–Kier alpha value is -1.36. The van der Waals surface area contributed by atoms with Gasteiger partial charge in [0.05, 0.1) is 4.88 Å². The van der Waals surface area contributed by atoms with E-state index in [4.69, 9.17) is 11.6 Å². The van der Waals surface area contributed by atoms with E-state index in [1.807, 2.05) is 36.4 Å². The van der Waals surface area contributed by atoms with Crippen molar-refractivity contribution in [1.29, 1.82) is 0 Å². The van der Waals surface area contributed by atoms with Gasteiger partial charge in [0.2, 0.25) is 0 Å². The minimum Gasteiger partial charge on any atom is -0.347 e. The third kappa shape index (κ3) is 3.30. The minimum atomic E-state index is 0.0516. The smallest absolute Gasteiger partial charge is 0.261 e. The number of amides is 1. The topological polar surface area (TPSA) is 32.3 Å². The van der Waals surface area contributed by atoms with Gasteiger partial charge in [-0.1, -0.05) is 23.7 Å². The Morgan fingerprint density at radius 3 is 3.00 bits per heavy atom. The standard InChI is InChI=1S/C18H19ClN2OS/c19-14-3-1-2-13(9-14)16-4-5-17(23-16)18(22)20-15-8-12-6-7-21(10-12)11-15/h1-5,9,12,15H,6-8,10-11H2,(H,20,22). The molecule has 2 bridgehead atoms. The number of benzene rings is 1. The number of rotatable bonds is 3. The normalized spacial score (nSPS) is 26.2. The summed E-state index contributed by atoms with van der Waals surface area (Å²) >= 11 is 7.57. The molecule has 2 aromatic rings. The summed E-state index contributed by atoms with van der Waals surface area (Å²) in [5.74, 6) is 0.815. The maximum atomic E-state index is 12.5. The van der Waals surface area contributed by atoms with Crippen molar-refractivity contribution >= 4 is 28.8 Å². The summed E-state index contributed by atoms with van der Waals surface area (Å²) in [4.78, 5) is 16.8. The SMILES string of the molecule is O=C(NC1CC2CCN(C2)C1)c1ccc(-c2cccc(Cl)c2)s1. The van der Waals surface area contributed by atoms with E-state index >= 15 is 0 Å². The van der Waals surface area contributed by atoms with Crippen LogP contribution in [0.1, 0.15) is 22.5 Å². The van der Waals surface area contributed by atoms with Crippen LogP contribution in [0.25, 0.3) is 10.4 Å². The molecule has 1 amide bonds. The molecule has 2 aliphatic heterocycles. The summed E-state index contributed by atoms with van der Waals surface area (Å²) in [5.41, 5.74) is 1.06. The number of fused-ring (bicyclic) bond motifs is 2. The Morgan fingerprint density at radius 2 is 2.17 bits per heavy atom. The Kier molecular flexibility index (Phi) is 4.14. The van der Waals surface area contributed by atoms with Gasteiger partial charge in [0.1, 0.15) is 0 Å². The number of nitrogens with one attached hydrogen (secondary N) is 1. The van der Waals surface area contributed by atoms with Crippen molar-refractivity contribution in [3.05, 3.63) is 46.3 Å². The van der Waals surface area contributed by atoms with E-state index in [0.29, 0.717) is 11.1 Å². The molecule has 120 valence electrons. The van der Waals surface area contributed by atoms with Crippen LogP contribution in [-0.2, 0) is 0 Å². The van der Waals surface area contributed by atoms with Crippen molar-refractivity contribution in [3.8, 4) is 10.4 Å². The Balaban J connectivity index is 1.45. The number of piperidine rings is 1. The lowest BCUT2D eigenvalue weighted by atomic mass is 9.97. The zero-order chi connectivity index (χ0) is 15.8. The van der Waals surface area contributed by atoms with Crippen LogP contribution in [0.2, 0.25) is 5.02 Å². The van der Waals surface area contributed by atoms with Crippen molar-refractivity contribution in [2.24, 2.45) is 5.92 Å². The van der Waals surface area contributed by atoms with Gasteiger partial charge in [-0.15, -0.1) is 11.3 Å². The van der Waals surface area contributed by atoms with E-state index in [9.17, 15) is 4.79 Å². The van der Waals surface area contributed by atoms with Crippen LogP contribution in [0, 0.1) is 5.92 Å². The summed E-state index contributed by atoms with van der Waals surface area (Å²) < 4.78 is 0. The van der Waals surface area contributed by atoms with E-state index in [-0.39, 0.29) is 5.91 Å². The van der Waals surface area contributed by atoms with Gasteiger partial charge in [-0.25, -0.2) is 0 Å². The number of nitrogens with zero attached hydrogens (tertiary/aromatic N) is 1. The Morgan fingerprint density at radius 1 is 1.26 bits per heavy atom. The average molecular weight is 347 g/mol. The molecule has 3 unspecified atom stereocenters. The molecule has 1 aromatic heterocycles. The van der Waals surface area contributed by atoms with Gasteiger partial charge in [0, 0.05) is 29.0 Å². The first-order chi connectivity index (χ1) is 11.2. The highest BCUT2D eigenvalue weighted by Gasteiger charge is 2.33. The van der Waals surface area contributed by atoms with Crippen LogP contribution in [-0.4, -0.2) is 36.5 Å². The van der Waals surface area contributed by atoms with Gasteiger partial charge in [0.15, 0.2) is 0 Å². The molecule has 2 saturated heterocycles. The number of hydrogen-bond acceptors (Lipinski definition) is 3. The van der Waals surface area contributed by atoms with Crippen LogP contribution >= 0.6 is 22.9 Å². The molecule has 0 aliphatic carbocycles. The lowest BCUT2D eigenvalue weighted by Crippen LogP contribution is -2.46. The second-order valence-electron chi connectivity index (χ2n) is 6.49. The van der Waals surface area contributed by atoms with E-state index < -0.39 is 0 Å². The molecule has 0 spiro atoms. The predicted molar refractivity (Wildman–Crippen MR) is 95.2 cm³/mol. The maximum Gasteiger partial charge on any atom is 0.261 e. The van der Waals surface area contributed by atoms with E-state index in [2.05, 4.69) is 10.2 Å². The maximum absolute atomic E-state index is 12.5. The third-order valence-corrected chi connectivity index (χ3v) is 6.11. The molecule has 3 atom stereocenters. The molecule has 2 fully saturated rings. The molecule has 1 N–H and O–H groups in total. The molecule has 2 aliphatic rings. The van der Waals surface area contributed by atoms with Crippen molar-refractivity contribution in [3.63, 3.8) is 0 Å². The lowest BCUT2D eigenvalue weighted by molar-refractivity contribution is 0.0913. The highest BCUT2D eigenvalue weighted by atomic mass is 35.5. The molecule has 3 nitrogen and oxygen atoms in total. The molecular formula is C18H19ClN2OS. The second-order valence-corrected chi connectivity index (χ2v) is 8.01. The molecule has 0 saturated carbocycles. The quantitative estimate of drug-likeness (QED) is 0.914. The Bertz CT molecular complexity index is 717. The van der Waals surface area contributed by atoms with Gasteiger partial charge >= 0.3 is 0 Å². The fraction of sp³-hybridized carbons (Fsp3) is 0.389. The molecule has 23 heavy (non-hydrogen) atoms. The predicted octanol–water partition coefficient (Wildman–Crippen LogP) is 3.89. The summed E-state index contributed by atoms with van der Waals surface area (Å²) in [7, 11) is 0. The minimum absolute atomic E-state index is 0.0516. The number of thiophene rings is 1. The summed E-state index contributed by atoms with van der Waals surface area (Å²) in [6, 6.07) is 11.9. The van der Waals surface area contributed by atoms with Crippen molar-refractivity contribution in [2.45, 2.75) is 18.9 Å². The van der Waals surface area contributed by atoms with E-state index in [1.54, 1.807) is 0 Å². The first-order valence-electron chi connectivity index (χ1n) is 8.06. The zero-order valence-electron chi connectivity index (χ0n) is 12.8. The van der Waals surface area contributed by atoms with E-state index in [1.165, 1.54) is 30.8 Å². The molecule has 0 radical (unpaired) electrons. The first-order valence-corrected chi connectivity index (χ1v) is 9.26. The second kappa shape index (κ2) is 6.27. The molecule has 3 heterocycles. The average Bonchev–Trinajstić information content (AvgIpc) is 3.14. The van der Waals surface area contributed by atoms with Crippen LogP contribution < -0.4 is 5.32 Å². The van der Waals surface area contributed by atoms with Gasteiger partial charge < -0.3 is 10.2 Å². The molecule has 4 rings (SSSR count). The van der Waals surface area contributed by atoms with Crippen LogP contribution in [0.15, 0.2) is 36.4 Å². The molecule has 1 aromatic carbocycles. The first kappa shape index (κ1) is 15.2. The number of halogens is 1. The van der Waals surface area contributed by atoms with E-state index in [0.717, 1.165) is 34.2 Å². The summed E-state index contributed by atoms with van der Waals surface area (Å²) in [5, 5.41) is 3.93. The van der Waals surface area contributed by atoms with Crippen molar-refractivity contribution < 1.29 is 4.79 Å². The fourth-order valence-electron chi connectivity index (χ4n) is 3.68. The van der Waals surface area contributed by atoms with Crippen molar-refractivity contribution in [1.82, 2.24) is 10.2 Å². The number of carbonyl (C=O) groups is 1. The lowest BCUT2D eigenvalue weighted by Gasteiger charge is -2.30. The van der Waals surface area contributed by atoms with Crippen LogP contribution in [0.3, 0.4) is 0 Å². The third-order valence-electron chi connectivity index (χ3n) is 4.74. The zero-order valence-corrected chi connectivity index (χ0v) is 14.4. The van der Waals surface area contributed by atoms with Crippen molar-refractivity contribution in [2.75, 3.05) is 19.6 Å². The molecular weight excluding hydrogens is 328 g/mol. The summed E-state index contributed by atoms with van der Waals surface area (Å²) in [6.07, 6.45) is 2.40. The van der Waals surface area contributed by atoms with Crippen LogP contribution in [0.5, 0.6) is 0 Å². The van der Waals surface area contributed by atoms with Gasteiger partial charge in [-0.05, 0) is 55.1 Å². The van der Waals surface area contributed by atoms with Gasteiger partial charge in [-0.2, -0.15) is 0 Å². The largest absolute Gasteiger partial charge is 0.347 e. The number of carbonyl (C=O) groups excluding carboxylic acids is 1. The van der Waals surface area contributed by atoms with Gasteiger partial charge in [-0.3, -0.25) is 4.79 Å². The summed E-state index contributed by atoms with van der Waals surface area (Å²) in [6.45, 7) is 3.40. The monoisotopic (exact) mass is 346 g/mol. The number of hydrogen-bond donors (Lipinski definition) is 1. The molecule has 5 heteroatoms. The van der Waals surface area contributed by atoms with Gasteiger partial charge in [0.25, 0.3) is 5.91 Å². The van der Waals surface area contributed by atoms with Crippen LogP contribution in [0.4, 0.5) is 0 Å². The highest BCUT2D eigenvalue weighted by molar-refractivity contribution is 7.17. The fourth-order valence-corrected chi connectivity index (χ4v) is 4.77.